The van der Waals surface area contributed by atoms with Crippen LogP contribution in [0.5, 0.6) is 0 Å². The van der Waals surface area contributed by atoms with Crippen LogP contribution in [0.25, 0.3) is 10.4 Å². The molecular formula is C28H35N5O4S. The number of β-amino-alcohol motifs (C(OH)–C–C–N with tert-alkyl or cyclic N) is 1. The van der Waals surface area contributed by atoms with Crippen molar-refractivity contribution in [2.45, 2.75) is 64.1 Å². The molecule has 5 rings (SSSR count). The number of hydrogen-bond donors (Lipinski definition) is 3. The summed E-state index contributed by atoms with van der Waals surface area (Å²) in [5, 5.41) is 20.9. The molecule has 2 amide bonds. The summed E-state index contributed by atoms with van der Waals surface area (Å²) in [5.41, 5.74) is 5.72. The predicted molar refractivity (Wildman–Crippen MR) is 145 cm³/mol. The summed E-state index contributed by atoms with van der Waals surface area (Å²) < 4.78 is 5.62. The topological polar surface area (TPSA) is 121 Å². The van der Waals surface area contributed by atoms with E-state index in [0.29, 0.717) is 11.7 Å². The molecule has 0 unspecified atom stereocenters. The van der Waals surface area contributed by atoms with Gasteiger partial charge in [0.2, 0.25) is 11.8 Å². The van der Waals surface area contributed by atoms with Gasteiger partial charge in [-0.05, 0) is 30.9 Å². The average Bonchev–Trinajstić information content (AvgIpc) is 3.58. The summed E-state index contributed by atoms with van der Waals surface area (Å²) >= 11 is 1.60. The molecule has 4 heterocycles. The number of carbonyl (C=O) groups excluding carboxylic acids is 2. The quantitative estimate of drug-likeness (QED) is 0.403. The molecule has 2 aromatic heterocycles. The minimum absolute atomic E-state index is 0.0658. The van der Waals surface area contributed by atoms with Gasteiger partial charge >= 0.3 is 0 Å². The Morgan fingerprint density at radius 1 is 1.21 bits per heavy atom. The number of hydrogen-bond acceptors (Lipinski definition) is 8. The summed E-state index contributed by atoms with van der Waals surface area (Å²) in [5.74, 6) is -0.329. The fourth-order valence-electron chi connectivity index (χ4n) is 5.26. The lowest BCUT2D eigenvalue weighted by Crippen LogP contribution is -2.48. The van der Waals surface area contributed by atoms with Crippen molar-refractivity contribution in [2.24, 2.45) is 5.92 Å². The molecule has 2 aliphatic rings. The zero-order valence-electron chi connectivity index (χ0n) is 22.2. The Morgan fingerprint density at radius 3 is 2.55 bits per heavy atom. The van der Waals surface area contributed by atoms with Gasteiger partial charge in [-0.15, -0.1) is 11.3 Å². The molecule has 3 aromatic rings. The molecule has 202 valence electrons. The molecule has 2 aliphatic heterocycles. The van der Waals surface area contributed by atoms with Crippen molar-refractivity contribution in [3.8, 4) is 10.4 Å². The first-order valence-corrected chi connectivity index (χ1v) is 14.1. The van der Waals surface area contributed by atoms with Crippen LogP contribution in [0.1, 0.15) is 67.8 Å². The van der Waals surface area contributed by atoms with E-state index in [1.165, 1.54) is 4.90 Å². The maximum absolute atomic E-state index is 13.8. The lowest BCUT2D eigenvalue weighted by molar-refractivity contribution is -0.141. The van der Waals surface area contributed by atoms with E-state index >= 15 is 0 Å². The molecule has 2 fully saturated rings. The highest BCUT2D eigenvalue weighted by Crippen LogP contribution is 2.33. The highest BCUT2D eigenvalue weighted by molar-refractivity contribution is 7.13. The third kappa shape index (κ3) is 5.25. The smallest absolute Gasteiger partial charge is 0.243 e. The highest BCUT2D eigenvalue weighted by Gasteiger charge is 2.43. The van der Waals surface area contributed by atoms with Gasteiger partial charge in [-0.2, -0.15) is 0 Å². The monoisotopic (exact) mass is 537 g/mol. The number of nitrogens with one attached hydrogen (secondary N) is 2. The molecule has 3 N–H and O–H groups in total. The number of amides is 2. The molecule has 2 saturated heterocycles. The number of aryl methyl sites for hydroxylation is 1. The second kappa shape index (κ2) is 11.0. The van der Waals surface area contributed by atoms with E-state index in [4.69, 9.17) is 4.52 Å². The lowest BCUT2D eigenvalue weighted by Gasteiger charge is -2.29. The Balaban J connectivity index is 1.28. The summed E-state index contributed by atoms with van der Waals surface area (Å²) in [6.45, 7) is 9.63. The van der Waals surface area contributed by atoms with Gasteiger partial charge in [0.25, 0.3) is 0 Å². The van der Waals surface area contributed by atoms with Crippen LogP contribution >= 0.6 is 11.3 Å². The predicted octanol–water partition coefficient (Wildman–Crippen LogP) is 3.37. The average molecular weight is 538 g/mol. The zero-order chi connectivity index (χ0) is 27.0. The van der Waals surface area contributed by atoms with E-state index in [0.717, 1.165) is 40.5 Å². The molecule has 4 atom stereocenters. The molecule has 0 aliphatic carbocycles. The number of aromatic nitrogens is 2. The van der Waals surface area contributed by atoms with Crippen molar-refractivity contribution in [3.05, 3.63) is 58.6 Å². The maximum atomic E-state index is 13.8. The number of thiazole rings is 1. The van der Waals surface area contributed by atoms with E-state index in [2.05, 4.69) is 20.8 Å². The Kier molecular flexibility index (Phi) is 7.65. The van der Waals surface area contributed by atoms with Crippen LogP contribution in [0, 0.1) is 12.8 Å². The van der Waals surface area contributed by atoms with E-state index < -0.39 is 18.1 Å². The zero-order valence-corrected chi connectivity index (χ0v) is 23.0. The van der Waals surface area contributed by atoms with Gasteiger partial charge in [0.05, 0.1) is 33.9 Å². The van der Waals surface area contributed by atoms with Crippen LogP contribution in [-0.4, -0.2) is 63.7 Å². The van der Waals surface area contributed by atoms with E-state index in [1.807, 2.05) is 63.5 Å². The third-order valence-electron chi connectivity index (χ3n) is 7.63. The number of carbonyl (C=O) groups is 2. The summed E-state index contributed by atoms with van der Waals surface area (Å²) in [4.78, 5) is 34.1. The van der Waals surface area contributed by atoms with Gasteiger partial charge in [0.1, 0.15) is 17.7 Å². The van der Waals surface area contributed by atoms with Crippen LogP contribution in [-0.2, 0) is 9.59 Å². The van der Waals surface area contributed by atoms with Crippen LogP contribution in [0.15, 0.2) is 40.4 Å². The van der Waals surface area contributed by atoms with Crippen molar-refractivity contribution < 1.29 is 19.2 Å². The van der Waals surface area contributed by atoms with Gasteiger partial charge in [0, 0.05) is 38.0 Å². The lowest BCUT2D eigenvalue weighted by atomic mass is 9.90. The van der Waals surface area contributed by atoms with E-state index in [1.54, 1.807) is 11.3 Å². The molecule has 38 heavy (non-hydrogen) atoms. The number of nitrogens with zero attached hydrogens (tertiary/aromatic N) is 3. The summed E-state index contributed by atoms with van der Waals surface area (Å²) in [7, 11) is 0. The summed E-state index contributed by atoms with van der Waals surface area (Å²) in [6.07, 6.45) is -0.556. The van der Waals surface area contributed by atoms with Gasteiger partial charge in [-0.1, -0.05) is 43.3 Å². The van der Waals surface area contributed by atoms with Gasteiger partial charge in [-0.3, -0.25) is 9.59 Å². The molecular weight excluding hydrogens is 502 g/mol. The first-order chi connectivity index (χ1) is 18.2. The van der Waals surface area contributed by atoms with Crippen LogP contribution < -0.4 is 10.6 Å². The Labute approximate surface area is 226 Å². The number of aliphatic hydroxyl groups excluding tert-OH is 1. The molecule has 0 saturated carbocycles. The molecule has 0 bridgehead atoms. The SMILES string of the molecule is Cc1ncsc1-c1ccc([C@H](C)NC(=O)[C@@H]2C[C@@H](O)CN2C(=O)[C@@H](c2cc(C3CNC3)no2)C(C)C)cc1. The van der Waals surface area contributed by atoms with Crippen molar-refractivity contribution in [2.75, 3.05) is 19.6 Å². The molecule has 0 radical (unpaired) electrons. The molecule has 1 aromatic carbocycles. The standard InChI is InChI=1S/C28H35N5O4S/c1-15(2)25(24-10-22(32-37-24)20-11-29-12-20)28(36)33-13-21(34)9-23(33)27(35)31-16(3)18-5-7-19(8-6-18)26-17(4)30-14-38-26/h5-8,10,14-16,20-21,23,25,29,34H,9,11-13H2,1-4H3,(H,31,35)/t16-,21+,23-,25+/m0/s1. The second-order valence-corrected chi connectivity index (χ2v) is 11.6. The second-order valence-electron chi connectivity index (χ2n) is 10.7. The van der Waals surface area contributed by atoms with Crippen molar-refractivity contribution in [1.82, 2.24) is 25.7 Å². The Morgan fingerprint density at radius 2 is 1.95 bits per heavy atom. The minimum atomic E-state index is -0.758. The largest absolute Gasteiger partial charge is 0.391 e. The summed E-state index contributed by atoms with van der Waals surface area (Å²) in [6, 6.07) is 8.92. The minimum Gasteiger partial charge on any atom is -0.391 e. The third-order valence-corrected chi connectivity index (χ3v) is 8.61. The van der Waals surface area contributed by atoms with Crippen molar-refractivity contribution in [1.29, 1.82) is 0 Å². The number of likely N-dealkylation sites (tertiary alicyclic amines) is 1. The Hall–Kier alpha value is -3.08. The number of rotatable bonds is 8. The van der Waals surface area contributed by atoms with E-state index in [-0.39, 0.29) is 36.7 Å². The van der Waals surface area contributed by atoms with Crippen LogP contribution in [0.2, 0.25) is 0 Å². The van der Waals surface area contributed by atoms with Crippen LogP contribution in [0.4, 0.5) is 0 Å². The van der Waals surface area contributed by atoms with Crippen molar-refractivity contribution in [3.63, 3.8) is 0 Å². The highest BCUT2D eigenvalue weighted by atomic mass is 32.1. The van der Waals surface area contributed by atoms with Gasteiger partial charge < -0.3 is 25.2 Å². The first kappa shape index (κ1) is 26.5. The van der Waals surface area contributed by atoms with Gasteiger partial charge in [0.15, 0.2) is 0 Å². The van der Waals surface area contributed by atoms with E-state index in [9.17, 15) is 14.7 Å². The fourth-order valence-corrected chi connectivity index (χ4v) is 6.07. The number of benzene rings is 1. The Bertz CT molecular complexity index is 1280. The van der Waals surface area contributed by atoms with Crippen molar-refractivity contribution >= 4 is 23.2 Å². The number of aliphatic hydroxyl groups is 1. The maximum Gasteiger partial charge on any atom is 0.243 e. The molecule has 0 spiro atoms. The van der Waals surface area contributed by atoms with Crippen LogP contribution in [0.3, 0.4) is 0 Å². The van der Waals surface area contributed by atoms with Gasteiger partial charge in [-0.25, -0.2) is 4.98 Å². The molecule has 9 nitrogen and oxygen atoms in total. The first-order valence-electron chi connectivity index (χ1n) is 13.2. The normalized spacial score (nSPS) is 21.4. The fraction of sp³-hybridized carbons (Fsp3) is 0.500. The molecule has 10 heteroatoms.